The van der Waals surface area contributed by atoms with Crippen molar-refractivity contribution in [1.29, 1.82) is 0 Å². The van der Waals surface area contributed by atoms with Gasteiger partial charge in [0.05, 0.1) is 24.5 Å². The molecule has 8 heteroatoms. The number of thiophene rings is 1. The summed E-state index contributed by atoms with van der Waals surface area (Å²) < 4.78 is 6.82. The van der Waals surface area contributed by atoms with Crippen molar-refractivity contribution < 1.29 is 9.53 Å². The largest absolute Gasteiger partial charge is 0.493 e. The number of benzene rings is 2. The molecule has 0 atom stereocenters. The Kier molecular flexibility index (Phi) is 6.18. The van der Waals surface area contributed by atoms with E-state index in [1.54, 1.807) is 0 Å². The third kappa shape index (κ3) is 4.54. The maximum absolute atomic E-state index is 13.0. The summed E-state index contributed by atoms with van der Waals surface area (Å²) in [7, 11) is 0. The molecule has 4 rings (SSSR count). The van der Waals surface area contributed by atoms with Gasteiger partial charge in [0.2, 0.25) is 0 Å². The van der Waals surface area contributed by atoms with Crippen LogP contribution in [0.5, 0.6) is 5.75 Å². The van der Waals surface area contributed by atoms with Crippen LogP contribution in [0.25, 0.3) is 21.3 Å². The number of nitrogens with one attached hydrogen (secondary N) is 1. The van der Waals surface area contributed by atoms with Crippen LogP contribution in [0, 0.1) is 0 Å². The molecule has 0 radical (unpaired) electrons. The minimum Gasteiger partial charge on any atom is -0.493 e. The number of carbonyl (C=O) groups excluding carboxylic acids is 1. The highest BCUT2D eigenvalue weighted by molar-refractivity contribution is 7.17. The van der Waals surface area contributed by atoms with Crippen LogP contribution in [0.2, 0.25) is 0 Å². The maximum atomic E-state index is 13.0. The lowest BCUT2D eigenvalue weighted by Gasteiger charge is -2.07. The molecule has 4 aromatic rings. The van der Waals surface area contributed by atoms with E-state index in [0.717, 1.165) is 16.7 Å². The first-order chi connectivity index (χ1) is 15.2. The number of hydrogen-bond donors (Lipinski definition) is 1. The number of fused-ring (bicyclic) bond motifs is 1. The van der Waals surface area contributed by atoms with E-state index in [-0.39, 0.29) is 12.1 Å². The zero-order valence-corrected chi connectivity index (χ0v) is 17.6. The molecular formula is C23H20N4O3S. The van der Waals surface area contributed by atoms with Crippen molar-refractivity contribution >= 4 is 33.7 Å². The van der Waals surface area contributed by atoms with Crippen molar-refractivity contribution in [3.8, 4) is 16.9 Å². The average Bonchev–Trinajstić information content (AvgIpc) is 3.23. The number of amides is 1. The normalized spacial score (nSPS) is 11.1. The van der Waals surface area contributed by atoms with Crippen molar-refractivity contribution in [2.75, 3.05) is 6.61 Å². The van der Waals surface area contributed by atoms with E-state index in [9.17, 15) is 9.59 Å². The maximum Gasteiger partial charge on any atom is 0.263 e. The molecule has 156 valence electrons. The Labute approximate surface area is 182 Å². The first-order valence-electron chi connectivity index (χ1n) is 9.73. The van der Waals surface area contributed by atoms with Crippen LogP contribution >= 0.6 is 11.3 Å². The van der Waals surface area contributed by atoms with Crippen LogP contribution < -0.4 is 15.7 Å². The smallest absolute Gasteiger partial charge is 0.263 e. The molecule has 0 saturated heterocycles. The number of rotatable bonds is 7. The van der Waals surface area contributed by atoms with Crippen LogP contribution in [-0.2, 0) is 11.3 Å². The summed E-state index contributed by atoms with van der Waals surface area (Å²) in [5.41, 5.74) is 4.70. The van der Waals surface area contributed by atoms with Gasteiger partial charge in [-0.15, -0.1) is 11.3 Å². The first kappa shape index (κ1) is 20.5. The third-order valence-electron chi connectivity index (χ3n) is 4.57. The molecule has 0 bridgehead atoms. The van der Waals surface area contributed by atoms with Gasteiger partial charge in [-0.3, -0.25) is 14.2 Å². The van der Waals surface area contributed by atoms with Crippen LogP contribution in [0.3, 0.4) is 0 Å². The highest BCUT2D eigenvalue weighted by Gasteiger charge is 2.14. The molecule has 2 aromatic carbocycles. The van der Waals surface area contributed by atoms with E-state index < -0.39 is 5.91 Å². The summed E-state index contributed by atoms with van der Waals surface area (Å²) in [5, 5.41) is 6.42. The van der Waals surface area contributed by atoms with E-state index in [1.165, 1.54) is 28.4 Å². The summed E-state index contributed by atoms with van der Waals surface area (Å²) in [4.78, 5) is 30.4. The van der Waals surface area contributed by atoms with Gasteiger partial charge in [-0.25, -0.2) is 10.4 Å². The second-order valence-corrected chi connectivity index (χ2v) is 7.50. The Morgan fingerprint density at radius 1 is 1.19 bits per heavy atom. The molecule has 2 heterocycles. The van der Waals surface area contributed by atoms with E-state index >= 15 is 0 Å². The van der Waals surface area contributed by atoms with Gasteiger partial charge >= 0.3 is 0 Å². The number of para-hydroxylation sites is 1. The van der Waals surface area contributed by atoms with Crippen molar-refractivity contribution in [3.63, 3.8) is 0 Å². The molecular weight excluding hydrogens is 412 g/mol. The summed E-state index contributed by atoms with van der Waals surface area (Å²) >= 11 is 1.41. The lowest BCUT2D eigenvalue weighted by Crippen LogP contribution is -2.30. The fourth-order valence-electron chi connectivity index (χ4n) is 3.15. The molecule has 0 spiro atoms. The molecule has 2 aromatic heterocycles. The highest BCUT2D eigenvalue weighted by atomic mass is 32.1. The second-order valence-electron chi connectivity index (χ2n) is 6.64. The van der Waals surface area contributed by atoms with Crippen LogP contribution in [0.1, 0.15) is 12.5 Å². The minimum atomic E-state index is -0.426. The van der Waals surface area contributed by atoms with E-state index in [0.29, 0.717) is 22.6 Å². The predicted molar refractivity (Wildman–Crippen MR) is 123 cm³/mol. The average molecular weight is 433 g/mol. The Morgan fingerprint density at radius 3 is 2.77 bits per heavy atom. The van der Waals surface area contributed by atoms with Gasteiger partial charge in [-0.2, -0.15) is 5.10 Å². The number of aromatic nitrogens is 2. The van der Waals surface area contributed by atoms with Gasteiger partial charge in [0.25, 0.3) is 11.5 Å². The first-order valence-corrected chi connectivity index (χ1v) is 10.6. The fraction of sp³-hybridized carbons (Fsp3) is 0.130. The molecule has 31 heavy (non-hydrogen) atoms. The van der Waals surface area contributed by atoms with Gasteiger partial charge in [-0.1, -0.05) is 42.5 Å². The predicted octanol–water partition coefficient (Wildman–Crippen LogP) is 3.67. The van der Waals surface area contributed by atoms with Crippen LogP contribution in [-0.4, -0.2) is 28.3 Å². The molecule has 1 N–H and O–H groups in total. The van der Waals surface area contributed by atoms with Crippen LogP contribution in [0.4, 0.5) is 0 Å². The molecule has 1 amide bonds. The van der Waals surface area contributed by atoms with Gasteiger partial charge < -0.3 is 4.74 Å². The molecule has 0 unspecified atom stereocenters. The zero-order valence-electron chi connectivity index (χ0n) is 16.8. The van der Waals surface area contributed by atoms with E-state index in [1.807, 2.05) is 66.9 Å². The lowest BCUT2D eigenvalue weighted by molar-refractivity contribution is -0.121. The SMILES string of the molecule is CCOc1ccccc1/C=N\NC(=O)Cn1cnc2scc(-c3ccccc3)c2c1=O. The second kappa shape index (κ2) is 9.36. The molecule has 0 aliphatic heterocycles. The van der Waals surface area contributed by atoms with E-state index in [4.69, 9.17) is 4.74 Å². The number of ether oxygens (including phenoxy) is 1. The quantitative estimate of drug-likeness (QED) is 0.357. The lowest BCUT2D eigenvalue weighted by atomic mass is 10.1. The molecule has 0 aliphatic carbocycles. The van der Waals surface area contributed by atoms with Crippen molar-refractivity contribution in [2.24, 2.45) is 5.10 Å². The standard InChI is InChI=1S/C23H20N4O3S/c1-2-30-19-11-7-6-10-17(19)12-25-26-20(28)13-27-15-24-22-21(23(27)29)18(14-31-22)16-8-4-3-5-9-16/h3-12,14-15H,2,13H2,1H3,(H,26,28)/b25-12-. The number of hydrazone groups is 1. The fourth-order valence-corrected chi connectivity index (χ4v) is 4.05. The molecule has 0 aliphatic rings. The summed E-state index contributed by atoms with van der Waals surface area (Å²) in [5.74, 6) is 0.254. The highest BCUT2D eigenvalue weighted by Crippen LogP contribution is 2.30. The zero-order chi connectivity index (χ0) is 21.6. The Balaban J connectivity index is 1.52. The topological polar surface area (TPSA) is 85.6 Å². The Hall–Kier alpha value is -3.78. The van der Waals surface area contributed by atoms with Crippen LogP contribution in [0.15, 0.2) is 76.2 Å². The van der Waals surface area contributed by atoms with Crippen molar-refractivity contribution in [1.82, 2.24) is 15.0 Å². The van der Waals surface area contributed by atoms with Gasteiger partial charge in [-0.05, 0) is 24.6 Å². The van der Waals surface area contributed by atoms with E-state index in [2.05, 4.69) is 15.5 Å². The van der Waals surface area contributed by atoms with Gasteiger partial charge in [0.1, 0.15) is 17.1 Å². The molecule has 0 saturated carbocycles. The van der Waals surface area contributed by atoms with Gasteiger partial charge in [0.15, 0.2) is 0 Å². The monoisotopic (exact) mass is 432 g/mol. The molecule has 7 nitrogen and oxygen atoms in total. The Morgan fingerprint density at radius 2 is 1.97 bits per heavy atom. The van der Waals surface area contributed by atoms with Crippen molar-refractivity contribution in [2.45, 2.75) is 13.5 Å². The third-order valence-corrected chi connectivity index (χ3v) is 5.46. The summed E-state index contributed by atoms with van der Waals surface area (Å²) in [6.07, 6.45) is 2.91. The number of carbonyl (C=O) groups is 1. The molecule has 0 fully saturated rings. The summed E-state index contributed by atoms with van der Waals surface area (Å²) in [6, 6.07) is 17.0. The summed E-state index contributed by atoms with van der Waals surface area (Å²) in [6.45, 7) is 2.24. The number of nitrogens with zero attached hydrogens (tertiary/aromatic N) is 3. The minimum absolute atomic E-state index is 0.184. The number of hydrogen-bond acceptors (Lipinski definition) is 6. The van der Waals surface area contributed by atoms with Gasteiger partial charge in [0, 0.05) is 16.5 Å². The van der Waals surface area contributed by atoms with Crippen molar-refractivity contribution in [3.05, 3.63) is 82.2 Å². The Bertz CT molecular complexity index is 1300.